The van der Waals surface area contributed by atoms with Crippen molar-refractivity contribution >= 4 is 23.2 Å². The first-order valence-corrected chi connectivity index (χ1v) is 9.99. The monoisotopic (exact) mass is 398 g/mol. The summed E-state index contributed by atoms with van der Waals surface area (Å²) in [5.74, 6) is 0.360. The van der Waals surface area contributed by atoms with E-state index in [1.54, 1.807) is 10.6 Å². The van der Waals surface area contributed by atoms with Gasteiger partial charge in [0, 0.05) is 28.6 Å². The number of carbonyl (C=O) groups is 1. The standard InChI is InChI=1S/C22H27ClN4O/c1-14(2)10-11-24-21(28)18-12-17(15-8-6-7-9-16(15)23)25-20-13-19(22(3,4)5)26-27(18)20/h6-9,12-14H,10-11H2,1-5H3,(H,24,28). The summed E-state index contributed by atoms with van der Waals surface area (Å²) in [6, 6.07) is 11.2. The van der Waals surface area contributed by atoms with Crippen LogP contribution >= 0.6 is 11.6 Å². The van der Waals surface area contributed by atoms with E-state index in [0.29, 0.717) is 34.5 Å². The predicted octanol–water partition coefficient (Wildman–Crippen LogP) is 5.12. The van der Waals surface area contributed by atoms with Gasteiger partial charge in [0.2, 0.25) is 0 Å². The fourth-order valence-electron chi connectivity index (χ4n) is 2.87. The van der Waals surface area contributed by atoms with E-state index in [1.165, 1.54) is 0 Å². The number of carbonyl (C=O) groups excluding carboxylic acids is 1. The Kier molecular flexibility index (Phi) is 5.75. The zero-order valence-corrected chi connectivity index (χ0v) is 17.8. The molecule has 148 valence electrons. The van der Waals surface area contributed by atoms with Crippen LogP contribution in [0.2, 0.25) is 5.02 Å². The molecule has 28 heavy (non-hydrogen) atoms. The van der Waals surface area contributed by atoms with Crippen LogP contribution in [-0.4, -0.2) is 27.0 Å². The maximum absolute atomic E-state index is 12.9. The molecule has 0 saturated carbocycles. The number of hydrogen-bond acceptors (Lipinski definition) is 3. The van der Waals surface area contributed by atoms with E-state index in [1.807, 2.05) is 30.3 Å². The van der Waals surface area contributed by atoms with E-state index in [0.717, 1.165) is 17.7 Å². The summed E-state index contributed by atoms with van der Waals surface area (Å²) < 4.78 is 1.63. The minimum absolute atomic E-state index is 0.149. The van der Waals surface area contributed by atoms with Gasteiger partial charge in [-0.05, 0) is 24.5 Å². The average Bonchev–Trinajstić information content (AvgIpc) is 3.05. The van der Waals surface area contributed by atoms with E-state index >= 15 is 0 Å². The topological polar surface area (TPSA) is 59.3 Å². The second-order valence-corrected chi connectivity index (χ2v) is 8.90. The van der Waals surface area contributed by atoms with Gasteiger partial charge < -0.3 is 5.32 Å². The fraction of sp³-hybridized carbons (Fsp3) is 0.409. The van der Waals surface area contributed by atoms with Crippen molar-refractivity contribution in [1.29, 1.82) is 0 Å². The summed E-state index contributed by atoms with van der Waals surface area (Å²) in [6.45, 7) is 11.2. The quantitative estimate of drug-likeness (QED) is 0.648. The Hall–Kier alpha value is -2.40. The molecule has 2 heterocycles. The molecule has 0 aliphatic carbocycles. The molecule has 3 rings (SSSR count). The van der Waals surface area contributed by atoms with Crippen molar-refractivity contribution in [3.63, 3.8) is 0 Å². The zero-order chi connectivity index (χ0) is 20.5. The Morgan fingerprint density at radius 2 is 1.93 bits per heavy atom. The van der Waals surface area contributed by atoms with Gasteiger partial charge in [0.05, 0.1) is 11.4 Å². The zero-order valence-electron chi connectivity index (χ0n) is 17.1. The molecule has 0 bridgehead atoms. The van der Waals surface area contributed by atoms with Crippen LogP contribution in [0, 0.1) is 5.92 Å². The molecular weight excluding hydrogens is 372 g/mol. The molecule has 1 N–H and O–H groups in total. The predicted molar refractivity (Wildman–Crippen MR) is 114 cm³/mol. The summed E-state index contributed by atoms with van der Waals surface area (Å²) in [6.07, 6.45) is 0.920. The highest BCUT2D eigenvalue weighted by Gasteiger charge is 2.22. The van der Waals surface area contributed by atoms with Crippen LogP contribution in [0.1, 0.15) is 57.2 Å². The van der Waals surface area contributed by atoms with E-state index in [2.05, 4.69) is 45.0 Å². The van der Waals surface area contributed by atoms with Crippen molar-refractivity contribution in [1.82, 2.24) is 19.9 Å². The molecule has 0 atom stereocenters. The first kappa shape index (κ1) is 20.3. The lowest BCUT2D eigenvalue weighted by atomic mass is 9.93. The highest BCUT2D eigenvalue weighted by atomic mass is 35.5. The SMILES string of the molecule is CC(C)CCNC(=O)c1cc(-c2ccccc2Cl)nc2cc(C(C)(C)C)nn12. The van der Waals surface area contributed by atoms with Crippen LogP contribution < -0.4 is 5.32 Å². The highest BCUT2D eigenvalue weighted by molar-refractivity contribution is 6.33. The summed E-state index contributed by atoms with van der Waals surface area (Å²) in [4.78, 5) is 17.7. The number of aromatic nitrogens is 3. The third-order valence-corrected chi connectivity index (χ3v) is 4.91. The third kappa shape index (κ3) is 4.36. The Morgan fingerprint density at radius 3 is 2.57 bits per heavy atom. The van der Waals surface area contributed by atoms with Crippen LogP contribution in [0.3, 0.4) is 0 Å². The number of halogens is 1. The van der Waals surface area contributed by atoms with Crippen LogP contribution in [-0.2, 0) is 5.41 Å². The molecule has 0 spiro atoms. The number of amides is 1. The molecule has 1 aromatic carbocycles. The summed E-state index contributed by atoms with van der Waals surface area (Å²) in [7, 11) is 0. The van der Waals surface area contributed by atoms with Crippen LogP contribution in [0.25, 0.3) is 16.9 Å². The number of nitrogens with one attached hydrogen (secondary N) is 1. The van der Waals surface area contributed by atoms with Gasteiger partial charge in [-0.25, -0.2) is 9.50 Å². The Bertz CT molecular complexity index is 1000. The summed E-state index contributed by atoms with van der Waals surface area (Å²) in [5.41, 5.74) is 3.28. The number of hydrogen-bond donors (Lipinski definition) is 1. The summed E-state index contributed by atoms with van der Waals surface area (Å²) in [5, 5.41) is 8.27. The fourth-order valence-corrected chi connectivity index (χ4v) is 3.11. The second-order valence-electron chi connectivity index (χ2n) is 8.49. The van der Waals surface area contributed by atoms with Crippen molar-refractivity contribution in [2.45, 2.75) is 46.5 Å². The first-order valence-electron chi connectivity index (χ1n) is 9.61. The third-order valence-electron chi connectivity index (χ3n) is 4.59. The molecule has 3 aromatic rings. The van der Waals surface area contributed by atoms with Crippen LogP contribution in [0.5, 0.6) is 0 Å². The van der Waals surface area contributed by atoms with Gasteiger partial charge in [0.15, 0.2) is 5.65 Å². The molecule has 6 heteroatoms. The van der Waals surface area contributed by atoms with E-state index in [4.69, 9.17) is 16.6 Å². The number of benzene rings is 1. The molecular formula is C22H27ClN4O. The maximum atomic E-state index is 12.9. The molecule has 0 unspecified atom stereocenters. The number of nitrogens with zero attached hydrogens (tertiary/aromatic N) is 3. The van der Waals surface area contributed by atoms with Crippen molar-refractivity contribution < 1.29 is 4.79 Å². The summed E-state index contributed by atoms with van der Waals surface area (Å²) >= 11 is 6.38. The molecule has 0 saturated heterocycles. The Balaban J connectivity index is 2.11. The van der Waals surface area contributed by atoms with Gasteiger partial charge in [-0.3, -0.25) is 4.79 Å². The molecule has 2 aromatic heterocycles. The van der Waals surface area contributed by atoms with Crippen molar-refractivity contribution in [2.75, 3.05) is 6.54 Å². The smallest absolute Gasteiger partial charge is 0.270 e. The average molecular weight is 399 g/mol. The largest absolute Gasteiger partial charge is 0.351 e. The number of rotatable bonds is 5. The molecule has 0 fully saturated rings. The molecule has 0 aliphatic rings. The second kappa shape index (κ2) is 7.92. The molecule has 0 radical (unpaired) electrons. The van der Waals surface area contributed by atoms with Crippen LogP contribution in [0.4, 0.5) is 0 Å². The lowest BCUT2D eigenvalue weighted by Crippen LogP contribution is -2.28. The Labute approximate surface area is 171 Å². The lowest BCUT2D eigenvalue weighted by molar-refractivity contribution is 0.0944. The molecule has 5 nitrogen and oxygen atoms in total. The lowest BCUT2D eigenvalue weighted by Gasteiger charge is -2.14. The minimum atomic E-state index is -0.162. The highest BCUT2D eigenvalue weighted by Crippen LogP contribution is 2.29. The van der Waals surface area contributed by atoms with E-state index < -0.39 is 0 Å². The molecule has 0 aliphatic heterocycles. The van der Waals surface area contributed by atoms with Gasteiger partial charge in [0.25, 0.3) is 5.91 Å². The van der Waals surface area contributed by atoms with Gasteiger partial charge in [0.1, 0.15) is 5.69 Å². The van der Waals surface area contributed by atoms with Crippen LogP contribution in [0.15, 0.2) is 36.4 Å². The Morgan fingerprint density at radius 1 is 1.21 bits per heavy atom. The van der Waals surface area contributed by atoms with Gasteiger partial charge in [-0.2, -0.15) is 5.10 Å². The van der Waals surface area contributed by atoms with Gasteiger partial charge in [-0.15, -0.1) is 0 Å². The number of fused-ring (bicyclic) bond motifs is 1. The van der Waals surface area contributed by atoms with E-state index in [-0.39, 0.29) is 11.3 Å². The van der Waals surface area contributed by atoms with Crippen molar-refractivity contribution in [3.8, 4) is 11.3 Å². The molecule has 1 amide bonds. The minimum Gasteiger partial charge on any atom is -0.351 e. The maximum Gasteiger partial charge on any atom is 0.270 e. The van der Waals surface area contributed by atoms with Gasteiger partial charge >= 0.3 is 0 Å². The van der Waals surface area contributed by atoms with E-state index in [9.17, 15) is 4.79 Å². The van der Waals surface area contributed by atoms with Crippen molar-refractivity contribution in [2.24, 2.45) is 5.92 Å². The normalized spacial score (nSPS) is 12.0. The van der Waals surface area contributed by atoms with Gasteiger partial charge in [-0.1, -0.05) is 64.4 Å². The van der Waals surface area contributed by atoms with Crippen molar-refractivity contribution in [3.05, 3.63) is 52.8 Å². The first-order chi connectivity index (χ1) is 13.2.